The number of nitrogens with zero attached hydrogens (tertiary/aromatic N) is 1. The van der Waals surface area contributed by atoms with Crippen molar-refractivity contribution in [1.82, 2.24) is 4.98 Å². The van der Waals surface area contributed by atoms with Gasteiger partial charge in [0.1, 0.15) is 78.4 Å². The van der Waals surface area contributed by atoms with Crippen molar-refractivity contribution in [2.24, 2.45) is 34.4 Å². The van der Waals surface area contributed by atoms with Crippen LogP contribution in [0.2, 0.25) is 0 Å². The number of ether oxygens (including phenoxy) is 6. The highest BCUT2D eigenvalue weighted by Gasteiger charge is 2.54. The molecule has 2 aromatic rings. The number of benzene rings is 1. The number of aliphatic hydroxyl groups is 7. The highest BCUT2D eigenvalue weighted by molar-refractivity contribution is 5.83. The van der Waals surface area contributed by atoms with E-state index in [1.807, 2.05) is 18.2 Å². The van der Waals surface area contributed by atoms with Crippen molar-refractivity contribution in [3.8, 4) is 5.75 Å². The molecule has 0 spiro atoms. The van der Waals surface area contributed by atoms with E-state index in [9.17, 15) is 40.9 Å². The molecule has 0 bridgehead atoms. The number of hydrogen-bond donors (Lipinski definition) is 14. The molecule has 6 rings (SSSR count). The van der Waals surface area contributed by atoms with Crippen LogP contribution in [-0.4, -0.2) is 182 Å². The predicted octanol–water partition coefficient (Wildman–Crippen LogP) is -6.95. The van der Waals surface area contributed by atoms with Crippen LogP contribution in [0.5, 0.6) is 5.75 Å². The molecule has 3 aliphatic heterocycles. The SMILES string of the molecule is NC[C@@H]1O[C@H](O[C@H]2[C@@H](O)[C@H](O[C@@H]3[C@@H](O)[C@H](N)C[C@H](N)[C@H]3O[C@H]3O[C@H](CN)[C@@H](O)[C@H](O)[C@H]3N)O[C@@H]2CO)[C@H](N)[C@@H](O)[C@@H]1O.Oc1cccc2cccnc12. The zero-order chi connectivity index (χ0) is 38.7. The molecule has 1 aromatic heterocycles. The topological polar surface area (TPSA) is 386 Å². The Bertz CT molecular complexity index is 1450. The Morgan fingerprint density at radius 1 is 0.623 bits per heavy atom. The third-order valence-corrected chi connectivity index (χ3v) is 9.98. The fourth-order valence-corrected chi connectivity index (χ4v) is 6.83. The molecule has 0 unspecified atom stereocenters. The van der Waals surface area contributed by atoms with Gasteiger partial charge in [-0.3, -0.25) is 4.98 Å². The molecule has 53 heavy (non-hydrogen) atoms. The van der Waals surface area contributed by atoms with Gasteiger partial charge in [0.2, 0.25) is 0 Å². The van der Waals surface area contributed by atoms with Gasteiger partial charge in [-0.2, -0.15) is 0 Å². The summed E-state index contributed by atoms with van der Waals surface area (Å²) in [5, 5.41) is 83.3. The number of phenols is 1. The molecule has 1 saturated carbocycles. The molecule has 4 aliphatic rings. The van der Waals surface area contributed by atoms with Crippen molar-refractivity contribution >= 4 is 10.9 Å². The Morgan fingerprint density at radius 3 is 1.70 bits per heavy atom. The third-order valence-electron chi connectivity index (χ3n) is 9.98. The Labute approximate surface area is 304 Å². The number of aromatic nitrogens is 1. The maximum atomic E-state index is 11.1. The van der Waals surface area contributed by atoms with Crippen LogP contribution in [0.25, 0.3) is 10.9 Å². The molecule has 0 radical (unpaired) electrons. The lowest BCUT2D eigenvalue weighted by Gasteiger charge is -2.47. The van der Waals surface area contributed by atoms with E-state index in [4.69, 9.17) is 62.8 Å². The maximum Gasteiger partial charge on any atom is 0.187 e. The standard InChI is InChI=1S/C23H46N6O13.C9H7NO/c24-2-7-13(32)15(34)10(28)21(37-7)40-18-6(27)1-5(26)12(31)20(18)42-23-17(36)19(9(4-30)39-23)41-22-11(29)16(35)14(33)8(3-25)38-22;11-8-5-1-3-7-4-2-6-10-9(7)8/h5-23,30-36H,1-4,24-29H2;1-6,11H/t5-,6+,7-,8+,9-,10-,11-,12+,13-,14-,15-,16-,17-,18-,19-,20-,21-,22-,23+;/m1./s1. The molecule has 21 heteroatoms. The van der Waals surface area contributed by atoms with E-state index < -0.39 is 123 Å². The fraction of sp³-hybridized carbons (Fsp3) is 0.719. The lowest BCUT2D eigenvalue weighted by molar-refractivity contribution is -0.306. The summed E-state index contributed by atoms with van der Waals surface area (Å²) >= 11 is 0. The first-order valence-corrected chi connectivity index (χ1v) is 17.3. The molecule has 1 aliphatic carbocycles. The van der Waals surface area contributed by atoms with E-state index >= 15 is 0 Å². The predicted molar refractivity (Wildman–Crippen MR) is 182 cm³/mol. The van der Waals surface area contributed by atoms with Gasteiger partial charge in [0.05, 0.1) is 24.8 Å². The van der Waals surface area contributed by atoms with Crippen LogP contribution in [0.1, 0.15) is 6.42 Å². The van der Waals surface area contributed by atoms with Crippen molar-refractivity contribution in [1.29, 1.82) is 0 Å². The first-order valence-electron chi connectivity index (χ1n) is 17.3. The average Bonchev–Trinajstić information content (AvgIpc) is 3.45. The smallest absolute Gasteiger partial charge is 0.187 e. The normalized spacial score (nSPS) is 44.7. The summed E-state index contributed by atoms with van der Waals surface area (Å²) in [6.45, 7) is -0.967. The van der Waals surface area contributed by atoms with Crippen LogP contribution in [-0.2, 0) is 28.4 Å². The van der Waals surface area contributed by atoms with Crippen LogP contribution in [0, 0.1) is 0 Å². The molecule has 1 aromatic carbocycles. The number of nitrogens with two attached hydrogens (primary N) is 6. The van der Waals surface area contributed by atoms with Gasteiger partial charge in [-0.25, -0.2) is 0 Å². The zero-order valence-electron chi connectivity index (χ0n) is 28.7. The minimum absolute atomic E-state index is 0.0889. The fourth-order valence-electron chi connectivity index (χ4n) is 6.83. The second-order valence-electron chi connectivity index (χ2n) is 13.6. The van der Waals surface area contributed by atoms with Crippen LogP contribution in [0.4, 0.5) is 0 Å². The first kappa shape index (κ1) is 41.8. The van der Waals surface area contributed by atoms with Crippen LogP contribution in [0.15, 0.2) is 36.5 Å². The summed E-state index contributed by atoms with van der Waals surface area (Å²) in [7, 11) is 0. The minimum Gasteiger partial charge on any atom is -0.506 e. The largest absolute Gasteiger partial charge is 0.506 e. The number of aromatic hydroxyl groups is 1. The molecule has 20 N–H and O–H groups in total. The molecule has 4 fully saturated rings. The Kier molecular flexibility index (Phi) is 14.3. The van der Waals surface area contributed by atoms with Crippen LogP contribution < -0.4 is 34.4 Å². The average molecular weight is 760 g/mol. The molecule has 0 amide bonds. The molecule has 3 saturated heterocycles. The number of rotatable bonds is 9. The summed E-state index contributed by atoms with van der Waals surface area (Å²) in [6, 6.07) is 4.94. The number of para-hydroxylation sites is 1. The van der Waals surface area contributed by atoms with Crippen LogP contribution >= 0.6 is 0 Å². The highest BCUT2D eigenvalue weighted by Crippen LogP contribution is 2.34. The number of aliphatic hydroxyl groups excluding tert-OH is 7. The third kappa shape index (κ3) is 8.89. The number of hydrogen-bond acceptors (Lipinski definition) is 21. The summed E-state index contributed by atoms with van der Waals surface area (Å²) in [4.78, 5) is 4.03. The molecule has 4 heterocycles. The van der Waals surface area contributed by atoms with E-state index in [2.05, 4.69) is 4.98 Å². The Balaban J connectivity index is 0.000000416. The molecule has 19 atom stereocenters. The van der Waals surface area contributed by atoms with E-state index in [0.29, 0.717) is 5.52 Å². The van der Waals surface area contributed by atoms with E-state index in [1.165, 1.54) is 0 Å². The number of pyridine rings is 1. The van der Waals surface area contributed by atoms with Crippen molar-refractivity contribution < 1.29 is 69.3 Å². The second-order valence-corrected chi connectivity index (χ2v) is 13.6. The van der Waals surface area contributed by atoms with Gasteiger partial charge in [-0.1, -0.05) is 18.2 Å². The quantitative estimate of drug-likeness (QED) is 0.113. The second kappa shape index (κ2) is 18.1. The molecular formula is C32H53N7O14. The van der Waals surface area contributed by atoms with Gasteiger partial charge >= 0.3 is 0 Å². The van der Waals surface area contributed by atoms with E-state index in [1.54, 1.807) is 18.3 Å². The maximum absolute atomic E-state index is 11.1. The van der Waals surface area contributed by atoms with E-state index in [-0.39, 0.29) is 25.3 Å². The summed E-state index contributed by atoms with van der Waals surface area (Å²) in [5.41, 5.74) is 36.3. The molecule has 21 nitrogen and oxygen atoms in total. The summed E-state index contributed by atoms with van der Waals surface area (Å²) in [5.74, 6) is 0.239. The lowest BCUT2D eigenvalue weighted by Crippen LogP contribution is -2.68. The molecule has 300 valence electrons. The Hall–Kier alpha value is -2.33. The van der Waals surface area contributed by atoms with Gasteiger partial charge in [0.15, 0.2) is 18.9 Å². The van der Waals surface area contributed by atoms with E-state index in [0.717, 1.165) is 5.39 Å². The highest BCUT2D eigenvalue weighted by atomic mass is 16.8. The lowest BCUT2D eigenvalue weighted by atomic mass is 9.84. The van der Waals surface area contributed by atoms with Crippen molar-refractivity contribution in [3.05, 3.63) is 36.5 Å². The number of phenolic OH excluding ortho intramolecular Hbond substituents is 1. The van der Waals surface area contributed by atoms with Crippen molar-refractivity contribution in [2.45, 2.75) is 123 Å². The molecular weight excluding hydrogens is 706 g/mol. The minimum atomic E-state index is -1.60. The number of fused-ring (bicyclic) bond motifs is 1. The van der Waals surface area contributed by atoms with Gasteiger partial charge in [0, 0.05) is 36.8 Å². The van der Waals surface area contributed by atoms with Gasteiger partial charge in [-0.15, -0.1) is 0 Å². The van der Waals surface area contributed by atoms with Crippen molar-refractivity contribution in [2.75, 3.05) is 19.7 Å². The van der Waals surface area contributed by atoms with Gasteiger partial charge in [-0.05, 0) is 18.6 Å². The Morgan fingerprint density at radius 2 is 1.15 bits per heavy atom. The zero-order valence-corrected chi connectivity index (χ0v) is 28.7. The first-order chi connectivity index (χ1) is 25.2. The van der Waals surface area contributed by atoms with Crippen LogP contribution in [0.3, 0.4) is 0 Å². The van der Waals surface area contributed by atoms with Crippen molar-refractivity contribution in [3.63, 3.8) is 0 Å². The van der Waals surface area contributed by atoms with Gasteiger partial charge < -0.3 is 104 Å². The summed E-state index contributed by atoms with van der Waals surface area (Å²) < 4.78 is 34.6. The monoisotopic (exact) mass is 759 g/mol. The van der Waals surface area contributed by atoms with Gasteiger partial charge in [0.25, 0.3) is 0 Å². The summed E-state index contributed by atoms with van der Waals surface area (Å²) in [6.07, 6.45) is -18.1.